The first-order valence-electron chi connectivity index (χ1n) is 34.4. The minimum atomic E-state index is -0.267. The fourth-order valence-electron chi connectivity index (χ4n) is 16.2. The number of nitrogens with zero attached hydrogens (tertiary/aromatic N) is 8. The minimum absolute atomic E-state index is 0.227. The molecule has 0 amide bonds. The second-order valence-electron chi connectivity index (χ2n) is 26.1. The molecule has 0 radical (unpaired) electrons. The zero-order valence-electron chi connectivity index (χ0n) is 55.2. The van der Waals surface area contributed by atoms with Crippen LogP contribution in [0.2, 0.25) is 0 Å². The number of anilines is 18. The molecule has 470 valence electrons. The Bertz CT molecular complexity index is 5490. The second-order valence-corrected chi connectivity index (χ2v) is 26.1. The third-order valence-corrected chi connectivity index (χ3v) is 20.2. The fourth-order valence-corrected chi connectivity index (χ4v) is 16.2. The van der Waals surface area contributed by atoms with E-state index in [1.54, 1.807) is 0 Å². The molecule has 0 fully saturated rings. The van der Waals surface area contributed by atoms with Crippen molar-refractivity contribution < 1.29 is 0 Å². The summed E-state index contributed by atoms with van der Waals surface area (Å²) < 4.78 is 0. The second kappa shape index (κ2) is 24.0. The van der Waals surface area contributed by atoms with Gasteiger partial charge in [-0.05, 0) is 198 Å². The number of hydrogen-bond acceptors (Lipinski definition) is 8. The highest BCUT2D eigenvalue weighted by Crippen LogP contribution is 2.55. The van der Waals surface area contributed by atoms with Crippen LogP contribution in [0, 0.1) is 13.8 Å². The van der Waals surface area contributed by atoms with Gasteiger partial charge in [-0.15, -0.1) is 0 Å². The first-order chi connectivity index (χ1) is 49.5. The van der Waals surface area contributed by atoms with Gasteiger partial charge in [0, 0.05) is 108 Å². The van der Waals surface area contributed by atoms with Gasteiger partial charge in [0.2, 0.25) is 0 Å². The Balaban J connectivity index is 0.985. The summed E-state index contributed by atoms with van der Waals surface area (Å²) in [7, 11) is 0. The molecule has 0 saturated carbocycles. The van der Waals surface area contributed by atoms with Crippen molar-refractivity contribution in [1.29, 1.82) is 0 Å². The summed E-state index contributed by atoms with van der Waals surface area (Å²) in [4.78, 5) is 26.0. The van der Waals surface area contributed by atoms with Crippen LogP contribution in [0.4, 0.5) is 102 Å². The Morgan fingerprint density at radius 3 is 0.920 bits per heavy atom. The number of pyridine rings is 2. The molecule has 0 spiro atoms. The maximum atomic E-state index is 5.45. The van der Waals surface area contributed by atoms with E-state index in [4.69, 9.17) is 9.97 Å². The van der Waals surface area contributed by atoms with Gasteiger partial charge in [-0.25, -0.2) is 0 Å². The third-order valence-electron chi connectivity index (χ3n) is 20.2. The van der Waals surface area contributed by atoms with E-state index in [0.717, 1.165) is 136 Å². The van der Waals surface area contributed by atoms with E-state index in [1.165, 1.54) is 32.8 Å². The van der Waals surface area contributed by atoms with Crippen LogP contribution in [0.5, 0.6) is 0 Å². The highest BCUT2D eigenvalue weighted by Gasteiger charge is 2.49. The van der Waals surface area contributed by atoms with E-state index in [0.29, 0.717) is 0 Å². The molecule has 0 unspecified atom stereocenters. The minimum Gasteiger partial charge on any atom is -0.311 e. The number of rotatable bonds is 12. The maximum absolute atomic E-state index is 5.45. The van der Waals surface area contributed by atoms with Crippen molar-refractivity contribution in [3.63, 3.8) is 0 Å². The highest BCUT2D eigenvalue weighted by atomic mass is 15.2. The van der Waals surface area contributed by atoms with Crippen molar-refractivity contribution in [3.8, 4) is 22.5 Å². The lowest BCUT2D eigenvalue weighted by atomic mass is 9.30. The standard InChI is InChI=1S/C90H64B2N8/c1-61-31-28-51-78(93-61)72-47-30-48-73(79-52-29-32-62(2)94-79)90(72)100-83-60-82-76(59-77(83)92-75-50-25-27-54-81(75)98(68-43-20-8-21-44-68)85-56-71(58-87(100)89(85)92)96(65-37-14-5-15-38-65)66-39-16-6-17-40-66)91-74-49-24-26-53-80(74)97(67-41-18-7-19-42-67)84-55-70(57-86(88(84)91)99(82)69-45-22-9-23-46-69)95(63-33-10-3-11-34-63)64-35-12-4-13-36-64/h3-60H,1-2H3. The van der Waals surface area contributed by atoms with Gasteiger partial charge in [-0.2, -0.15) is 0 Å². The lowest BCUT2D eigenvalue weighted by Gasteiger charge is -2.48. The van der Waals surface area contributed by atoms with E-state index in [-0.39, 0.29) is 13.4 Å². The number of hydrogen-bond donors (Lipinski definition) is 0. The molecule has 10 heteroatoms. The van der Waals surface area contributed by atoms with Crippen molar-refractivity contribution in [2.24, 2.45) is 0 Å². The van der Waals surface area contributed by atoms with Crippen LogP contribution in [0.25, 0.3) is 22.5 Å². The van der Waals surface area contributed by atoms with Crippen LogP contribution >= 0.6 is 0 Å². The predicted octanol–water partition coefficient (Wildman–Crippen LogP) is 19.5. The van der Waals surface area contributed by atoms with Gasteiger partial charge in [-0.1, -0.05) is 200 Å². The molecule has 0 N–H and O–H groups in total. The molecule has 8 nitrogen and oxygen atoms in total. The Morgan fingerprint density at radius 1 is 0.240 bits per heavy atom. The molecule has 6 heterocycles. The van der Waals surface area contributed by atoms with Crippen molar-refractivity contribution in [2.75, 3.05) is 29.4 Å². The molecule has 0 aliphatic carbocycles. The molecule has 0 saturated heterocycles. The molecule has 4 aliphatic heterocycles. The summed E-state index contributed by atoms with van der Waals surface area (Å²) in [5.74, 6) is 0. The molecule has 0 bridgehead atoms. The van der Waals surface area contributed by atoms with Crippen molar-refractivity contribution in [2.45, 2.75) is 13.8 Å². The van der Waals surface area contributed by atoms with E-state index >= 15 is 0 Å². The fraction of sp³-hybridized carbons (Fsp3) is 0.0222. The van der Waals surface area contributed by atoms with Crippen LogP contribution in [0.3, 0.4) is 0 Å². The monoisotopic (exact) mass is 1280 g/mol. The summed E-state index contributed by atoms with van der Waals surface area (Å²) in [6.45, 7) is 3.69. The summed E-state index contributed by atoms with van der Waals surface area (Å²) in [5, 5.41) is 0. The number of fused-ring (bicyclic) bond motifs is 8. The maximum Gasteiger partial charge on any atom is 0.252 e. The average Bonchev–Trinajstić information content (AvgIpc) is 0.682. The first kappa shape index (κ1) is 58.4. The number of aryl methyl sites for hydroxylation is 2. The van der Waals surface area contributed by atoms with Crippen LogP contribution < -0.4 is 62.2 Å². The van der Waals surface area contributed by atoms with E-state index in [1.807, 2.05) is 0 Å². The van der Waals surface area contributed by atoms with Crippen molar-refractivity contribution in [1.82, 2.24) is 9.97 Å². The molecule has 0 atom stereocenters. The SMILES string of the molecule is Cc1cccc(-c2cccc(-c3cccc(C)n3)c2N2c3cc4c(cc3B3c5ccccc5N(c5ccccc5)c5cc(N(c6ccccc6)c6ccccc6)cc2c53)B2c3ccccc3N(c3ccccc3)c3cc(N(c5ccccc5)c5ccccc5)cc(c32)N4c2ccccc2)n1. The average molecular weight is 1280 g/mol. The Morgan fingerprint density at radius 2 is 0.550 bits per heavy atom. The summed E-state index contributed by atoms with van der Waals surface area (Å²) >= 11 is 0. The molecule has 19 rings (SSSR count). The Kier molecular flexibility index (Phi) is 14.0. The summed E-state index contributed by atoms with van der Waals surface area (Å²) in [5.41, 5.74) is 31.9. The quantitative estimate of drug-likeness (QED) is 0.112. The lowest BCUT2D eigenvalue weighted by molar-refractivity contribution is 1.18. The molecule has 100 heavy (non-hydrogen) atoms. The van der Waals surface area contributed by atoms with E-state index in [2.05, 4.69) is 395 Å². The summed E-state index contributed by atoms with van der Waals surface area (Å²) in [6, 6.07) is 129. The topological polar surface area (TPSA) is 45.2 Å². The number of benzene rings is 13. The van der Waals surface area contributed by atoms with Gasteiger partial charge in [0.05, 0.1) is 28.5 Å². The van der Waals surface area contributed by atoms with Crippen LogP contribution in [0.15, 0.2) is 352 Å². The largest absolute Gasteiger partial charge is 0.311 e. The van der Waals surface area contributed by atoms with Gasteiger partial charge in [0.25, 0.3) is 13.4 Å². The number of aromatic nitrogens is 2. The zero-order chi connectivity index (χ0) is 66.4. The Labute approximate surface area is 584 Å². The van der Waals surface area contributed by atoms with Crippen LogP contribution in [-0.4, -0.2) is 23.4 Å². The highest BCUT2D eigenvalue weighted by molar-refractivity contribution is 7.03. The van der Waals surface area contributed by atoms with Gasteiger partial charge in [0.1, 0.15) is 0 Å². The normalized spacial score (nSPS) is 12.8. The number of para-hydroxylation sites is 10. The van der Waals surface area contributed by atoms with Gasteiger partial charge in [-0.3, -0.25) is 9.97 Å². The molecule has 4 aliphatic rings. The van der Waals surface area contributed by atoms with E-state index < -0.39 is 0 Å². The molecule has 13 aromatic carbocycles. The summed E-state index contributed by atoms with van der Waals surface area (Å²) in [6.07, 6.45) is 0. The molecular formula is C90H64B2N8. The van der Waals surface area contributed by atoms with Crippen molar-refractivity contribution >= 4 is 149 Å². The molecule has 15 aromatic rings. The predicted molar refractivity (Wildman–Crippen MR) is 420 cm³/mol. The third kappa shape index (κ3) is 9.54. The smallest absolute Gasteiger partial charge is 0.252 e. The van der Waals surface area contributed by atoms with Gasteiger partial charge >= 0.3 is 0 Å². The molecular weight excluding hydrogens is 1210 g/mol. The zero-order valence-corrected chi connectivity index (χ0v) is 55.2. The van der Waals surface area contributed by atoms with Crippen LogP contribution in [0.1, 0.15) is 11.4 Å². The molecule has 2 aromatic heterocycles. The van der Waals surface area contributed by atoms with E-state index in [9.17, 15) is 0 Å². The van der Waals surface area contributed by atoms with Crippen LogP contribution in [-0.2, 0) is 0 Å². The van der Waals surface area contributed by atoms with Gasteiger partial charge in [0.15, 0.2) is 0 Å². The van der Waals surface area contributed by atoms with Crippen molar-refractivity contribution in [3.05, 3.63) is 363 Å². The lowest BCUT2D eigenvalue weighted by Crippen LogP contribution is -2.65. The Hall–Kier alpha value is -12.9. The first-order valence-corrected chi connectivity index (χ1v) is 34.4. The van der Waals surface area contributed by atoms with Gasteiger partial charge < -0.3 is 29.4 Å².